The molecule has 0 aliphatic rings. The Bertz CT molecular complexity index is 812. The summed E-state index contributed by atoms with van der Waals surface area (Å²) >= 11 is 5.98. The highest BCUT2D eigenvalue weighted by molar-refractivity contribution is 6.30. The summed E-state index contributed by atoms with van der Waals surface area (Å²) in [6.45, 7) is 8.91. The lowest BCUT2D eigenvalue weighted by atomic mass is 9.80. The van der Waals surface area contributed by atoms with Crippen LogP contribution < -0.4 is 5.32 Å². The van der Waals surface area contributed by atoms with Crippen LogP contribution >= 0.6 is 11.6 Å². The number of amides is 1. The maximum Gasteiger partial charge on any atom is 0.412 e. The van der Waals surface area contributed by atoms with Crippen LogP contribution in [0.5, 0.6) is 0 Å². The van der Waals surface area contributed by atoms with Crippen molar-refractivity contribution in [1.82, 2.24) is 9.97 Å². The third kappa shape index (κ3) is 5.02. The van der Waals surface area contributed by atoms with Gasteiger partial charge in [-0.1, -0.05) is 11.6 Å². The average molecular weight is 376 g/mol. The Morgan fingerprint density at radius 2 is 1.77 bits per heavy atom. The average Bonchev–Trinajstić information content (AvgIpc) is 2.53. The van der Waals surface area contributed by atoms with Crippen LogP contribution in [0.2, 0.25) is 5.02 Å². The molecular formula is C19H22ClN3O3. The molecule has 0 fully saturated rings. The summed E-state index contributed by atoms with van der Waals surface area (Å²) in [5.41, 5.74) is -0.0107. The van der Waals surface area contributed by atoms with Gasteiger partial charge in [0.1, 0.15) is 11.3 Å². The van der Waals surface area contributed by atoms with Crippen LogP contribution in [0.4, 0.5) is 10.5 Å². The molecular weight excluding hydrogens is 354 g/mol. The molecule has 0 bridgehead atoms. The van der Waals surface area contributed by atoms with Crippen LogP contribution in [-0.4, -0.2) is 27.4 Å². The fraction of sp³-hybridized carbons (Fsp3) is 0.368. The van der Waals surface area contributed by atoms with Crippen molar-refractivity contribution in [3.8, 4) is 0 Å². The second-order valence-corrected chi connectivity index (χ2v) is 7.84. The van der Waals surface area contributed by atoms with Crippen LogP contribution in [0.15, 0.2) is 36.8 Å². The van der Waals surface area contributed by atoms with Gasteiger partial charge in [-0.05, 0) is 58.4 Å². The van der Waals surface area contributed by atoms with E-state index in [4.69, 9.17) is 16.3 Å². The molecule has 0 radical (unpaired) electrons. The lowest BCUT2D eigenvalue weighted by molar-refractivity contribution is 0.0635. The van der Waals surface area contributed by atoms with Crippen molar-refractivity contribution in [3.05, 3.63) is 53.1 Å². The number of carbonyl (C=O) groups is 2. The summed E-state index contributed by atoms with van der Waals surface area (Å²) in [5.74, 6) is -0.176. The minimum absolute atomic E-state index is 0.176. The van der Waals surface area contributed by atoms with Crippen molar-refractivity contribution in [2.45, 2.75) is 45.6 Å². The van der Waals surface area contributed by atoms with E-state index in [1.54, 1.807) is 59.0 Å². The molecule has 2 aromatic rings. The summed E-state index contributed by atoms with van der Waals surface area (Å²) in [4.78, 5) is 32.8. The number of pyridine rings is 2. The Labute approximate surface area is 158 Å². The molecule has 0 aliphatic heterocycles. The van der Waals surface area contributed by atoms with Gasteiger partial charge in [0.2, 0.25) is 0 Å². The topological polar surface area (TPSA) is 81.2 Å². The second kappa shape index (κ2) is 7.41. The quantitative estimate of drug-likeness (QED) is 0.787. The summed E-state index contributed by atoms with van der Waals surface area (Å²) in [6.07, 6.45) is 3.97. The summed E-state index contributed by atoms with van der Waals surface area (Å²) in [5, 5.41) is 3.05. The van der Waals surface area contributed by atoms with Crippen LogP contribution in [0.3, 0.4) is 0 Å². The smallest absolute Gasteiger partial charge is 0.412 e. The number of nitrogens with one attached hydrogen (secondary N) is 1. The minimum Gasteiger partial charge on any atom is -0.444 e. The number of ether oxygens (including phenoxy) is 1. The lowest BCUT2D eigenvalue weighted by Crippen LogP contribution is -2.30. The van der Waals surface area contributed by atoms with Crippen LogP contribution in [0, 0.1) is 0 Å². The zero-order valence-electron chi connectivity index (χ0n) is 15.5. The molecule has 2 aromatic heterocycles. The number of nitrogens with zero attached hydrogens (tertiary/aromatic N) is 2. The van der Waals surface area contributed by atoms with Crippen molar-refractivity contribution in [1.29, 1.82) is 0 Å². The fourth-order valence-electron chi connectivity index (χ4n) is 2.23. The maximum atomic E-state index is 12.9. The molecule has 2 heterocycles. The Balaban J connectivity index is 2.14. The van der Waals surface area contributed by atoms with Gasteiger partial charge in [-0.3, -0.25) is 20.1 Å². The highest BCUT2D eigenvalue weighted by atomic mass is 35.5. The Kier molecular flexibility index (Phi) is 5.66. The number of rotatable bonds is 4. The number of hydrogen-bond acceptors (Lipinski definition) is 5. The van der Waals surface area contributed by atoms with E-state index >= 15 is 0 Å². The third-order valence-corrected chi connectivity index (χ3v) is 3.84. The van der Waals surface area contributed by atoms with Gasteiger partial charge in [0, 0.05) is 12.4 Å². The molecule has 7 heteroatoms. The van der Waals surface area contributed by atoms with Gasteiger partial charge in [-0.2, -0.15) is 0 Å². The number of carbonyl (C=O) groups excluding carboxylic acids is 2. The zero-order valence-corrected chi connectivity index (χ0v) is 16.2. The van der Waals surface area contributed by atoms with Gasteiger partial charge in [0.05, 0.1) is 22.3 Å². The standard InChI is InChI=1S/C19H22ClN3O3/c1-18(2,3)26-17(25)23-14-6-7-15(22-11-14)16(24)19(4,5)12-8-13(20)10-21-9-12/h6-11H,1-5H3,(H,23,25). The number of hydrogen-bond donors (Lipinski definition) is 1. The zero-order chi connectivity index (χ0) is 19.5. The maximum absolute atomic E-state index is 12.9. The minimum atomic E-state index is -0.842. The molecule has 0 saturated carbocycles. The fourth-order valence-corrected chi connectivity index (χ4v) is 2.40. The molecule has 0 aliphatic carbocycles. The Morgan fingerprint density at radius 3 is 2.31 bits per heavy atom. The summed E-state index contributed by atoms with van der Waals surface area (Å²) < 4.78 is 5.18. The molecule has 0 aromatic carbocycles. The van der Waals surface area contributed by atoms with Gasteiger partial charge < -0.3 is 4.74 Å². The van der Waals surface area contributed by atoms with E-state index in [9.17, 15) is 9.59 Å². The van der Waals surface area contributed by atoms with Crippen molar-refractivity contribution in [3.63, 3.8) is 0 Å². The summed E-state index contributed by atoms with van der Waals surface area (Å²) in [7, 11) is 0. The first-order chi connectivity index (χ1) is 12.0. The number of anilines is 1. The molecule has 6 nitrogen and oxygen atoms in total. The molecule has 0 atom stereocenters. The largest absolute Gasteiger partial charge is 0.444 e. The number of halogens is 1. The normalized spacial score (nSPS) is 11.8. The first kappa shape index (κ1) is 19.8. The van der Waals surface area contributed by atoms with Crippen molar-refractivity contribution in [2.75, 3.05) is 5.32 Å². The molecule has 1 N–H and O–H groups in total. The molecule has 26 heavy (non-hydrogen) atoms. The number of Topliss-reactive ketones (excluding diaryl/α,β-unsaturated/α-hetero) is 1. The second-order valence-electron chi connectivity index (χ2n) is 7.40. The van der Waals surface area contributed by atoms with Crippen LogP contribution in [-0.2, 0) is 10.2 Å². The van der Waals surface area contributed by atoms with Gasteiger partial charge in [0.15, 0.2) is 5.78 Å². The first-order valence-corrected chi connectivity index (χ1v) is 8.49. The predicted octanol–water partition coefficient (Wildman–Crippen LogP) is 4.64. The molecule has 0 unspecified atom stereocenters. The molecule has 1 amide bonds. The van der Waals surface area contributed by atoms with E-state index in [1.165, 1.54) is 12.4 Å². The number of aromatic nitrogens is 2. The van der Waals surface area contributed by atoms with E-state index in [0.717, 1.165) is 0 Å². The summed E-state index contributed by atoms with van der Waals surface area (Å²) in [6, 6.07) is 4.89. The van der Waals surface area contributed by atoms with Gasteiger partial charge in [0.25, 0.3) is 0 Å². The highest BCUT2D eigenvalue weighted by Gasteiger charge is 2.32. The van der Waals surface area contributed by atoms with Gasteiger partial charge in [-0.25, -0.2) is 4.79 Å². The van der Waals surface area contributed by atoms with E-state index in [-0.39, 0.29) is 11.5 Å². The number of ketones is 1. The highest BCUT2D eigenvalue weighted by Crippen LogP contribution is 2.28. The van der Waals surface area contributed by atoms with Gasteiger partial charge >= 0.3 is 6.09 Å². The third-order valence-electron chi connectivity index (χ3n) is 3.64. The lowest BCUT2D eigenvalue weighted by Gasteiger charge is -2.23. The first-order valence-electron chi connectivity index (χ1n) is 8.11. The molecule has 0 saturated heterocycles. The van der Waals surface area contributed by atoms with E-state index in [1.807, 2.05) is 0 Å². The Hall–Kier alpha value is -2.47. The van der Waals surface area contributed by atoms with E-state index in [0.29, 0.717) is 16.3 Å². The Morgan fingerprint density at radius 1 is 1.08 bits per heavy atom. The van der Waals surface area contributed by atoms with Crippen molar-refractivity contribution < 1.29 is 14.3 Å². The van der Waals surface area contributed by atoms with Gasteiger partial charge in [-0.15, -0.1) is 0 Å². The van der Waals surface area contributed by atoms with Crippen LogP contribution in [0.25, 0.3) is 0 Å². The predicted molar refractivity (Wildman–Crippen MR) is 101 cm³/mol. The SMILES string of the molecule is CC(C)(C)OC(=O)Nc1ccc(C(=O)C(C)(C)c2cncc(Cl)c2)nc1. The monoisotopic (exact) mass is 375 g/mol. The van der Waals surface area contributed by atoms with Crippen molar-refractivity contribution in [2.24, 2.45) is 0 Å². The molecule has 2 rings (SSSR count). The van der Waals surface area contributed by atoms with E-state index < -0.39 is 17.1 Å². The molecule has 138 valence electrons. The van der Waals surface area contributed by atoms with Crippen LogP contribution in [0.1, 0.15) is 50.7 Å². The molecule has 0 spiro atoms. The van der Waals surface area contributed by atoms with E-state index in [2.05, 4.69) is 15.3 Å². The van der Waals surface area contributed by atoms with Crippen molar-refractivity contribution >= 4 is 29.2 Å².